The Morgan fingerprint density at radius 1 is 1.04 bits per heavy atom. The lowest BCUT2D eigenvalue weighted by Crippen LogP contribution is -2.08. The molecule has 0 aliphatic carbocycles. The Morgan fingerprint density at radius 2 is 1.75 bits per heavy atom. The molecule has 1 heterocycles. The summed E-state index contributed by atoms with van der Waals surface area (Å²) in [5, 5.41) is 10.9. The summed E-state index contributed by atoms with van der Waals surface area (Å²) in [7, 11) is 3.13. The minimum atomic E-state index is -0.146. The highest BCUT2D eigenvalue weighted by Gasteiger charge is 2.14. The highest BCUT2D eigenvalue weighted by atomic mass is 16.5. The number of nitrogens with one attached hydrogen (secondary N) is 1. The Hall–Kier alpha value is -2.79. The number of ether oxygens (including phenoxy) is 2. The van der Waals surface area contributed by atoms with Gasteiger partial charge in [0.1, 0.15) is 0 Å². The smallest absolute Gasteiger partial charge is 0.256 e. The number of methoxy groups -OCH3 is 2. The third-order valence-corrected chi connectivity index (χ3v) is 4.03. The molecule has 0 atom stereocenters. The highest BCUT2D eigenvalue weighted by molar-refractivity contribution is 5.85. The molecular formula is C19H19NO4. The fraction of sp³-hybridized carbons (Fsp3) is 0.211. The number of aliphatic hydroxyl groups is 1. The summed E-state index contributed by atoms with van der Waals surface area (Å²) in [5.74, 6) is 1.16. The van der Waals surface area contributed by atoms with Crippen LogP contribution in [0.5, 0.6) is 11.5 Å². The summed E-state index contributed by atoms with van der Waals surface area (Å²) in [6, 6.07) is 13.0. The van der Waals surface area contributed by atoms with Gasteiger partial charge in [0.25, 0.3) is 5.56 Å². The number of aromatic nitrogens is 1. The van der Waals surface area contributed by atoms with Gasteiger partial charge >= 0.3 is 0 Å². The van der Waals surface area contributed by atoms with Gasteiger partial charge in [0.15, 0.2) is 11.5 Å². The van der Waals surface area contributed by atoms with E-state index in [-0.39, 0.29) is 12.2 Å². The Kier molecular flexibility index (Phi) is 4.53. The van der Waals surface area contributed by atoms with Gasteiger partial charge in [-0.25, -0.2) is 0 Å². The minimum absolute atomic E-state index is 0.000294. The zero-order chi connectivity index (χ0) is 17.1. The lowest BCUT2D eigenvalue weighted by molar-refractivity contribution is 0.299. The number of hydrogen-bond acceptors (Lipinski definition) is 4. The molecule has 2 N–H and O–H groups in total. The standard InChI is InChI=1S/C19H19NO4/c1-23-17-10-13(7-8-21)15(11-18(17)24-2)16-9-12-5-3-4-6-14(12)19(22)20-16/h3-6,9-11,21H,7-8H2,1-2H3,(H,20,22). The minimum Gasteiger partial charge on any atom is -0.493 e. The molecule has 0 spiro atoms. The van der Waals surface area contributed by atoms with Crippen molar-refractivity contribution in [3.8, 4) is 22.8 Å². The van der Waals surface area contributed by atoms with E-state index < -0.39 is 0 Å². The van der Waals surface area contributed by atoms with Crippen molar-refractivity contribution in [3.05, 3.63) is 58.4 Å². The summed E-state index contributed by atoms with van der Waals surface area (Å²) < 4.78 is 10.7. The predicted molar refractivity (Wildman–Crippen MR) is 93.9 cm³/mol. The molecule has 0 bridgehead atoms. The third-order valence-electron chi connectivity index (χ3n) is 4.03. The third kappa shape index (κ3) is 2.86. The van der Waals surface area contributed by atoms with Gasteiger partial charge in [-0.1, -0.05) is 18.2 Å². The molecule has 5 nitrogen and oxygen atoms in total. The molecule has 3 aromatic rings. The average molecular weight is 325 g/mol. The summed E-state index contributed by atoms with van der Waals surface area (Å²) in [6.45, 7) is 0.000294. The number of hydrogen-bond donors (Lipinski definition) is 2. The summed E-state index contributed by atoms with van der Waals surface area (Å²) in [5.41, 5.74) is 2.22. The quantitative estimate of drug-likeness (QED) is 0.757. The summed E-state index contributed by atoms with van der Waals surface area (Å²) >= 11 is 0. The topological polar surface area (TPSA) is 71.5 Å². The maximum atomic E-state index is 12.4. The van der Waals surface area contributed by atoms with E-state index in [2.05, 4.69) is 4.98 Å². The van der Waals surface area contributed by atoms with E-state index in [0.717, 1.165) is 16.5 Å². The van der Waals surface area contributed by atoms with Crippen LogP contribution >= 0.6 is 0 Å². The number of benzene rings is 2. The first kappa shape index (κ1) is 16.1. The number of fused-ring (bicyclic) bond motifs is 1. The van der Waals surface area contributed by atoms with Crippen LogP contribution in [0.3, 0.4) is 0 Å². The molecule has 0 aliphatic rings. The highest BCUT2D eigenvalue weighted by Crippen LogP contribution is 2.35. The van der Waals surface area contributed by atoms with Crippen molar-refractivity contribution in [1.29, 1.82) is 0 Å². The molecule has 0 saturated heterocycles. The molecule has 2 aromatic carbocycles. The fourth-order valence-corrected chi connectivity index (χ4v) is 2.86. The van der Waals surface area contributed by atoms with Crippen LogP contribution in [0.15, 0.2) is 47.3 Å². The molecule has 5 heteroatoms. The lowest BCUT2D eigenvalue weighted by Gasteiger charge is -2.15. The van der Waals surface area contributed by atoms with Gasteiger partial charge in [0.05, 0.1) is 14.2 Å². The van der Waals surface area contributed by atoms with Gasteiger partial charge in [-0.05, 0) is 41.6 Å². The largest absolute Gasteiger partial charge is 0.493 e. The Labute approximate surface area is 139 Å². The SMILES string of the molecule is COc1cc(CCO)c(-c2cc3ccccc3c(=O)[nH]2)cc1OC. The molecule has 0 radical (unpaired) electrons. The van der Waals surface area contributed by atoms with Crippen molar-refractivity contribution in [1.82, 2.24) is 4.98 Å². The van der Waals surface area contributed by atoms with Gasteiger partial charge in [0, 0.05) is 23.3 Å². The van der Waals surface area contributed by atoms with Crippen LogP contribution in [0.4, 0.5) is 0 Å². The van der Waals surface area contributed by atoms with E-state index in [1.165, 1.54) is 0 Å². The Bertz CT molecular complexity index is 930. The van der Waals surface area contributed by atoms with Crippen LogP contribution in [0, 0.1) is 0 Å². The molecule has 1 aromatic heterocycles. The van der Waals surface area contributed by atoms with Gasteiger partial charge in [0.2, 0.25) is 0 Å². The van der Waals surface area contributed by atoms with Crippen LogP contribution in [0.2, 0.25) is 0 Å². The zero-order valence-electron chi connectivity index (χ0n) is 13.6. The van der Waals surface area contributed by atoms with Crippen molar-refractivity contribution in [2.75, 3.05) is 20.8 Å². The number of rotatable bonds is 5. The fourth-order valence-electron chi connectivity index (χ4n) is 2.86. The molecule has 124 valence electrons. The zero-order valence-corrected chi connectivity index (χ0v) is 13.6. The Morgan fingerprint density at radius 3 is 2.46 bits per heavy atom. The number of pyridine rings is 1. The van der Waals surface area contributed by atoms with E-state index in [0.29, 0.717) is 29.0 Å². The summed E-state index contributed by atoms with van der Waals surface area (Å²) in [6.07, 6.45) is 0.449. The molecule has 0 aliphatic heterocycles. The van der Waals surface area contributed by atoms with Gasteiger partial charge in [-0.2, -0.15) is 0 Å². The van der Waals surface area contributed by atoms with Crippen molar-refractivity contribution in [3.63, 3.8) is 0 Å². The second-order valence-corrected chi connectivity index (χ2v) is 5.44. The molecular weight excluding hydrogens is 306 g/mol. The number of H-pyrrole nitrogens is 1. The van der Waals surface area contributed by atoms with Gasteiger partial charge < -0.3 is 19.6 Å². The van der Waals surface area contributed by atoms with Crippen LogP contribution in [-0.4, -0.2) is 30.9 Å². The number of aliphatic hydroxyl groups excluding tert-OH is 1. The van der Waals surface area contributed by atoms with Crippen molar-refractivity contribution in [2.45, 2.75) is 6.42 Å². The first-order valence-electron chi connectivity index (χ1n) is 7.66. The molecule has 3 rings (SSSR count). The molecule has 0 amide bonds. The second kappa shape index (κ2) is 6.76. The van der Waals surface area contributed by atoms with Crippen LogP contribution < -0.4 is 15.0 Å². The van der Waals surface area contributed by atoms with E-state index >= 15 is 0 Å². The molecule has 0 fully saturated rings. The van der Waals surface area contributed by atoms with Crippen molar-refractivity contribution in [2.24, 2.45) is 0 Å². The van der Waals surface area contributed by atoms with Crippen molar-refractivity contribution >= 4 is 10.8 Å². The van der Waals surface area contributed by atoms with Crippen LogP contribution in [0.25, 0.3) is 22.0 Å². The normalized spacial score (nSPS) is 10.8. The predicted octanol–water partition coefficient (Wildman–Crippen LogP) is 2.75. The van der Waals surface area contributed by atoms with E-state index in [1.54, 1.807) is 20.3 Å². The van der Waals surface area contributed by atoms with Crippen LogP contribution in [0.1, 0.15) is 5.56 Å². The monoisotopic (exact) mass is 325 g/mol. The van der Waals surface area contributed by atoms with E-state index in [9.17, 15) is 9.90 Å². The lowest BCUT2D eigenvalue weighted by atomic mass is 9.99. The van der Waals surface area contributed by atoms with Crippen molar-refractivity contribution < 1.29 is 14.6 Å². The van der Waals surface area contributed by atoms with Crippen LogP contribution in [-0.2, 0) is 6.42 Å². The Balaban J connectivity index is 2.26. The first-order valence-corrected chi connectivity index (χ1v) is 7.66. The molecule has 0 unspecified atom stereocenters. The average Bonchev–Trinajstić information content (AvgIpc) is 2.61. The van der Waals surface area contributed by atoms with E-state index in [1.807, 2.05) is 36.4 Å². The van der Waals surface area contributed by atoms with Gasteiger partial charge in [-0.3, -0.25) is 4.79 Å². The maximum absolute atomic E-state index is 12.4. The molecule has 0 saturated carbocycles. The first-order chi connectivity index (χ1) is 11.7. The summed E-state index contributed by atoms with van der Waals surface area (Å²) in [4.78, 5) is 15.3. The van der Waals surface area contributed by atoms with Gasteiger partial charge in [-0.15, -0.1) is 0 Å². The maximum Gasteiger partial charge on any atom is 0.256 e. The number of aromatic amines is 1. The second-order valence-electron chi connectivity index (χ2n) is 5.44. The molecule has 24 heavy (non-hydrogen) atoms. The van der Waals surface area contributed by atoms with E-state index in [4.69, 9.17) is 9.47 Å².